The molecule has 2 atom stereocenters. The zero-order valence-electron chi connectivity index (χ0n) is 27.5. The third kappa shape index (κ3) is 6.46. The van der Waals surface area contributed by atoms with Crippen LogP contribution in [-0.2, 0) is 22.5 Å². The van der Waals surface area contributed by atoms with Crippen LogP contribution in [0.5, 0.6) is 0 Å². The number of anilines is 2. The van der Waals surface area contributed by atoms with Gasteiger partial charge < -0.3 is 24.2 Å². The van der Waals surface area contributed by atoms with Gasteiger partial charge in [0, 0.05) is 61.2 Å². The predicted molar refractivity (Wildman–Crippen MR) is 180 cm³/mol. The van der Waals surface area contributed by atoms with Gasteiger partial charge in [-0.05, 0) is 50.9 Å². The summed E-state index contributed by atoms with van der Waals surface area (Å²) < 4.78 is 12.3. The first-order valence-corrected chi connectivity index (χ1v) is 16.8. The molecule has 0 radical (unpaired) electrons. The molecule has 244 valence electrons. The maximum atomic E-state index is 13.1. The van der Waals surface area contributed by atoms with Crippen molar-refractivity contribution in [3.05, 3.63) is 58.2 Å². The number of likely N-dealkylation sites (N-methyl/N-ethyl adjacent to an activating group) is 1. The minimum absolute atomic E-state index is 0.202. The average molecular weight is 646 g/mol. The first-order valence-electron chi connectivity index (χ1n) is 16.4. The Hall–Kier alpha value is -3.65. The van der Waals surface area contributed by atoms with Gasteiger partial charge in [0.25, 0.3) is 0 Å². The number of carbonyl (C=O) groups excluding carboxylic acids is 1. The van der Waals surface area contributed by atoms with Crippen LogP contribution in [0.25, 0.3) is 10.8 Å². The molecule has 0 spiro atoms. The average Bonchev–Trinajstić information content (AvgIpc) is 3.01. The highest BCUT2D eigenvalue weighted by Gasteiger charge is 2.38. The molecular formula is C35H44ClN7O3. The van der Waals surface area contributed by atoms with Crippen molar-refractivity contribution in [1.29, 1.82) is 5.26 Å². The molecule has 11 heteroatoms. The molecule has 2 fully saturated rings. The monoisotopic (exact) mass is 645 g/mol. The Labute approximate surface area is 276 Å². The molecule has 6 rings (SSSR count). The summed E-state index contributed by atoms with van der Waals surface area (Å²) >= 11 is 6.72. The van der Waals surface area contributed by atoms with E-state index in [0.717, 1.165) is 65.5 Å². The van der Waals surface area contributed by atoms with Gasteiger partial charge in [-0.25, -0.2) is 9.78 Å². The Bertz CT molecular complexity index is 1620. The first kappa shape index (κ1) is 32.3. The topological polar surface area (TPSA) is 98.1 Å². The lowest BCUT2D eigenvalue weighted by Gasteiger charge is -2.46. The second kappa shape index (κ2) is 13.2. The smallest absolute Gasteiger partial charge is 0.410 e. The molecular weight excluding hydrogens is 602 g/mol. The summed E-state index contributed by atoms with van der Waals surface area (Å²) in [7, 11) is 0. The predicted octanol–water partition coefficient (Wildman–Crippen LogP) is 5.97. The van der Waals surface area contributed by atoms with E-state index >= 15 is 0 Å². The Morgan fingerprint density at radius 2 is 1.83 bits per heavy atom. The van der Waals surface area contributed by atoms with Gasteiger partial charge in [0.05, 0.1) is 36.9 Å². The SMILES string of the molecule is CCN(CC)C1CN(c2nc3c(c(N4CCN(C(=O)OC(C)(C)C)[C@@H](CC#N)C4)n2)COC(c2cccc4cccc(Cl)c24)C3)C1. The van der Waals surface area contributed by atoms with Crippen molar-refractivity contribution in [2.24, 2.45) is 0 Å². The van der Waals surface area contributed by atoms with Crippen LogP contribution in [0.1, 0.15) is 64.0 Å². The van der Waals surface area contributed by atoms with Gasteiger partial charge in [-0.2, -0.15) is 10.2 Å². The second-order valence-corrected chi connectivity index (χ2v) is 13.8. The third-order valence-corrected chi connectivity index (χ3v) is 9.63. The fraction of sp³-hybridized carbons (Fsp3) is 0.543. The van der Waals surface area contributed by atoms with Gasteiger partial charge in [0.1, 0.15) is 11.4 Å². The molecule has 0 saturated carbocycles. The molecule has 3 aromatic rings. The molecule has 1 unspecified atom stereocenters. The van der Waals surface area contributed by atoms with Crippen molar-refractivity contribution < 1.29 is 14.3 Å². The maximum absolute atomic E-state index is 13.1. The Kier molecular flexibility index (Phi) is 9.28. The van der Waals surface area contributed by atoms with Crippen LogP contribution in [0.3, 0.4) is 0 Å². The van der Waals surface area contributed by atoms with Crippen molar-refractivity contribution in [2.75, 3.05) is 55.6 Å². The minimum atomic E-state index is -0.617. The number of piperazine rings is 1. The number of carbonyl (C=O) groups is 1. The number of nitriles is 1. The van der Waals surface area contributed by atoms with E-state index in [0.29, 0.717) is 43.7 Å². The van der Waals surface area contributed by atoms with E-state index in [-0.39, 0.29) is 24.7 Å². The highest BCUT2D eigenvalue weighted by atomic mass is 35.5. The van der Waals surface area contributed by atoms with E-state index in [4.69, 9.17) is 31.0 Å². The lowest BCUT2D eigenvalue weighted by Crippen LogP contribution is -2.60. The summed E-state index contributed by atoms with van der Waals surface area (Å²) in [4.78, 5) is 32.1. The van der Waals surface area contributed by atoms with Crippen molar-refractivity contribution >= 4 is 40.2 Å². The van der Waals surface area contributed by atoms with Crippen molar-refractivity contribution in [3.8, 4) is 6.07 Å². The van der Waals surface area contributed by atoms with Gasteiger partial charge in [-0.3, -0.25) is 4.90 Å². The van der Waals surface area contributed by atoms with Crippen LogP contribution in [0.15, 0.2) is 36.4 Å². The molecule has 3 aliphatic rings. The minimum Gasteiger partial charge on any atom is -0.444 e. The van der Waals surface area contributed by atoms with E-state index in [9.17, 15) is 10.1 Å². The number of ether oxygens (including phenoxy) is 2. The summed E-state index contributed by atoms with van der Waals surface area (Å²) in [6.45, 7) is 15.6. The summed E-state index contributed by atoms with van der Waals surface area (Å²) in [5.74, 6) is 1.55. The van der Waals surface area contributed by atoms with Crippen LogP contribution in [0.2, 0.25) is 5.02 Å². The first-order chi connectivity index (χ1) is 22.1. The van der Waals surface area contributed by atoms with Crippen LogP contribution in [-0.4, -0.2) is 89.4 Å². The van der Waals surface area contributed by atoms with Gasteiger partial charge in [-0.15, -0.1) is 0 Å². The van der Waals surface area contributed by atoms with Gasteiger partial charge in [-0.1, -0.05) is 55.8 Å². The number of rotatable bonds is 7. The number of fused-ring (bicyclic) bond motifs is 2. The Morgan fingerprint density at radius 1 is 1.09 bits per heavy atom. The van der Waals surface area contributed by atoms with Crippen LogP contribution in [0.4, 0.5) is 16.6 Å². The molecule has 1 aromatic heterocycles. The second-order valence-electron chi connectivity index (χ2n) is 13.4. The number of hydrogen-bond acceptors (Lipinski definition) is 9. The van der Waals surface area contributed by atoms with Gasteiger partial charge in [0.15, 0.2) is 0 Å². The lowest BCUT2D eigenvalue weighted by molar-refractivity contribution is 0.0141. The van der Waals surface area contributed by atoms with Crippen LogP contribution >= 0.6 is 11.6 Å². The number of nitrogens with zero attached hydrogens (tertiary/aromatic N) is 7. The van der Waals surface area contributed by atoms with E-state index in [2.05, 4.69) is 58.9 Å². The largest absolute Gasteiger partial charge is 0.444 e. The highest BCUT2D eigenvalue weighted by molar-refractivity contribution is 6.35. The molecule has 0 N–H and O–H groups in total. The Morgan fingerprint density at radius 3 is 2.52 bits per heavy atom. The molecule has 0 aliphatic carbocycles. The van der Waals surface area contributed by atoms with E-state index in [1.165, 1.54) is 0 Å². The molecule has 2 saturated heterocycles. The van der Waals surface area contributed by atoms with E-state index in [1.807, 2.05) is 32.9 Å². The van der Waals surface area contributed by atoms with Crippen LogP contribution in [0, 0.1) is 11.3 Å². The van der Waals surface area contributed by atoms with Gasteiger partial charge in [0.2, 0.25) is 5.95 Å². The number of benzene rings is 2. The van der Waals surface area contributed by atoms with Crippen molar-refractivity contribution in [2.45, 2.75) is 77.9 Å². The maximum Gasteiger partial charge on any atom is 0.410 e. The molecule has 0 bridgehead atoms. The fourth-order valence-corrected chi connectivity index (χ4v) is 7.20. The molecule has 3 aliphatic heterocycles. The van der Waals surface area contributed by atoms with Gasteiger partial charge >= 0.3 is 6.09 Å². The normalized spacial score (nSPS) is 20.4. The fourth-order valence-electron chi connectivity index (χ4n) is 6.91. The summed E-state index contributed by atoms with van der Waals surface area (Å²) in [5.41, 5.74) is 2.38. The molecule has 46 heavy (non-hydrogen) atoms. The summed E-state index contributed by atoms with van der Waals surface area (Å²) in [5, 5.41) is 12.5. The van der Waals surface area contributed by atoms with Crippen LogP contribution < -0.4 is 9.80 Å². The molecule has 2 aromatic carbocycles. The number of halogens is 1. The van der Waals surface area contributed by atoms with Crippen molar-refractivity contribution in [1.82, 2.24) is 19.8 Å². The van der Waals surface area contributed by atoms with E-state index < -0.39 is 5.60 Å². The molecule has 1 amide bonds. The number of amides is 1. The summed E-state index contributed by atoms with van der Waals surface area (Å²) in [6, 6.07) is 14.6. The Balaban J connectivity index is 1.33. The van der Waals surface area contributed by atoms with Crippen molar-refractivity contribution in [3.63, 3.8) is 0 Å². The quantitative estimate of drug-likeness (QED) is 0.308. The number of hydrogen-bond donors (Lipinski definition) is 0. The molecule has 4 heterocycles. The molecule has 10 nitrogen and oxygen atoms in total. The highest BCUT2D eigenvalue weighted by Crippen LogP contribution is 2.40. The lowest BCUT2D eigenvalue weighted by atomic mass is 9.94. The summed E-state index contributed by atoms with van der Waals surface area (Å²) in [6.07, 6.45) is 0.200. The standard InChI is InChI=1S/C35H44ClN7O3/c1-6-40(7-2)25-20-42(21-25)33-38-29-18-30(26-12-8-10-23-11-9-13-28(36)31(23)26)45-22-27(29)32(39-33)41-16-17-43(24(19-41)14-15-37)34(44)46-35(3,4)5/h8-13,24-25,30H,6-7,14,16-22H2,1-5H3/t24-,30?/m0/s1. The third-order valence-electron chi connectivity index (χ3n) is 9.31. The zero-order chi connectivity index (χ0) is 32.6. The van der Waals surface area contributed by atoms with E-state index in [1.54, 1.807) is 4.90 Å². The zero-order valence-corrected chi connectivity index (χ0v) is 28.3. The number of aromatic nitrogens is 2.